The van der Waals surface area contributed by atoms with E-state index in [9.17, 15) is 8.42 Å². The Morgan fingerprint density at radius 2 is 2.32 bits per heavy atom. The lowest BCUT2D eigenvalue weighted by Crippen LogP contribution is -2.48. The first kappa shape index (κ1) is 14.6. The molecule has 1 aromatic rings. The van der Waals surface area contributed by atoms with Gasteiger partial charge in [0.1, 0.15) is 11.2 Å². The number of aromatic nitrogens is 1. The van der Waals surface area contributed by atoms with Gasteiger partial charge in [-0.25, -0.2) is 13.4 Å². The second-order valence-corrected chi connectivity index (χ2v) is 8.11. The first-order valence-electron chi connectivity index (χ1n) is 6.15. The third kappa shape index (κ3) is 3.21. The molecule has 5 nitrogen and oxygen atoms in total. The van der Waals surface area contributed by atoms with Gasteiger partial charge < -0.3 is 10.6 Å². The number of hydrogen-bond acceptors (Lipinski definition) is 6. The summed E-state index contributed by atoms with van der Waals surface area (Å²) in [7, 11) is -3.14. The van der Waals surface area contributed by atoms with Crippen molar-refractivity contribution in [2.24, 2.45) is 5.73 Å². The quantitative estimate of drug-likeness (QED) is 0.898. The first-order valence-corrected chi connectivity index (χ1v) is 9.26. The van der Waals surface area contributed by atoms with E-state index in [1.165, 1.54) is 6.26 Å². The van der Waals surface area contributed by atoms with Crippen molar-refractivity contribution in [1.82, 2.24) is 4.98 Å². The standard InChI is InChI=1S/C12H19N3O2S2/c1-9(13)10-4-3-5-14-12(10)15-6-7-18-8-11(15)19(2,16)17/h3-5,9,11H,6-8,13H2,1-2H3/t9-,11?/m1/s1. The van der Waals surface area contributed by atoms with Crippen LogP contribution >= 0.6 is 11.8 Å². The molecule has 2 atom stereocenters. The van der Waals surface area contributed by atoms with Crippen molar-refractivity contribution >= 4 is 27.4 Å². The minimum Gasteiger partial charge on any atom is -0.338 e. The van der Waals surface area contributed by atoms with Gasteiger partial charge in [0, 0.05) is 42.1 Å². The highest BCUT2D eigenvalue weighted by molar-refractivity contribution is 8.01. The van der Waals surface area contributed by atoms with E-state index in [0.717, 1.165) is 11.3 Å². The fourth-order valence-corrected chi connectivity index (χ4v) is 5.00. The van der Waals surface area contributed by atoms with E-state index in [1.54, 1.807) is 18.0 Å². The van der Waals surface area contributed by atoms with Crippen LogP contribution in [0.2, 0.25) is 0 Å². The van der Waals surface area contributed by atoms with Crippen molar-refractivity contribution < 1.29 is 8.42 Å². The summed E-state index contributed by atoms with van der Waals surface area (Å²) >= 11 is 1.66. The maximum absolute atomic E-state index is 11.9. The Morgan fingerprint density at radius 3 is 2.95 bits per heavy atom. The minimum atomic E-state index is -3.14. The molecule has 0 bridgehead atoms. The van der Waals surface area contributed by atoms with Crippen LogP contribution < -0.4 is 10.6 Å². The van der Waals surface area contributed by atoms with Gasteiger partial charge in [-0.3, -0.25) is 0 Å². The Hall–Kier alpha value is -0.790. The van der Waals surface area contributed by atoms with Crippen molar-refractivity contribution in [2.45, 2.75) is 18.3 Å². The van der Waals surface area contributed by atoms with Crippen LogP contribution in [-0.2, 0) is 9.84 Å². The summed E-state index contributed by atoms with van der Waals surface area (Å²) in [5.74, 6) is 2.18. The van der Waals surface area contributed by atoms with Crippen LogP contribution in [0.5, 0.6) is 0 Å². The molecule has 2 rings (SSSR count). The Morgan fingerprint density at radius 1 is 1.58 bits per heavy atom. The number of nitrogens with two attached hydrogens (primary N) is 1. The first-order chi connectivity index (χ1) is 8.91. The third-order valence-corrected chi connectivity index (χ3v) is 5.80. The third-order valence-electron chi connectivity index (χ3n) is 3.16. The summed E-state index contributed by atoms with van der Waals surface area (Å²) in [6.45, 7) is 2.56. The highest BCUT2D eigenvalue weighted by atomic mass is 32.2. The molecular formula is C12H19N3O2S2. The molecule has 0 aromatic carbocycles. The van der Waals surface area contributed by atoms with Gasteiger partial charge in [-0.1, -0.05) is 6.07 Å². The van der Waals surface area contributed by atoms with Crippen molar-refractivity contribution in [3.63, 3.8) is 0 Å². The molecule has 1 aliphatic heterocycles. The van der Waals surface area contributed by atoms with Crippen molar-refractivity contribution in [3.05, 3.63) is 23.9 Å². The number of pyridine rings is 1. The molecule has 7 heteroatoms. The fraction of sp³-hybridized carbons (Fsp3) is 0.583. The number of rotatable bonds is 3. The number of sulfone groups is 1. The van der Waals surface area contributed by atoms with Crippen molar-refractivity contribution in [1.29, 1.82) is 0 Å². The maximum atomic E-state index is 11.9. The Bertz CT molecular complexity index is 546. The molecule has 1 aromatic heterocycles. The van der Waals surface area contributed by atoms with E-state index in [-0.39, 0.29) is 6.04 Å². The second kappa shape index (κ2) is 5.68. The van der Waals surface area contributed by atoms with E-state index in [0.29, 0.717) is 18.1 Å². The molecule has 1 unspecified atom stereocenters. The molecule has 0 aliphatic carbocycles. The van der Waals surface area contributed by atoms with E-state index in [2.05, 4.69) is 4.98 Å². The van der Waals surface area contributed by atoms with Crippen LogP contribution in [0.1, 0.15) is 18.5 Å². The Balaban J connectivity index is 2.44. The number of nitrogens with zero attached hydrogens (tertiary/aromatic N) is 2. The number of hydrogen-bond donors (Lipinski definition) is 1. The molecule has 1 aliphatic rings. The summed E-state index contributed by atoms with van der Waals surface area (Å²) in [5, 5.41) is -0.515. The van der Waals surface area contributed by atoms with Gasteiger partial charge in [-0.2, -0.15) is 11.8 Å². The zero-order valence-electron chi connectivity index (χ0n) is 11.1. The minimum absolute atomic E-state index is 0.168. The summed E-state index contributed by atoms with van der Waals surface area (Å²) in [6.07, 6.45) is 2.97. The average Bonchev–Trinajstić information content (AvgIpc) is 2.37. The van der Waals surface area contributed by atoms with Gasteiger partial charge in [-0.05, 0) is 13.0 Å². The summed E-state index contributed by atoms with van der Waals surface area (Å²) in [5.41, 5.74) is 6.85. The highest BCUT2D eigenvalue weighted by Crippen LogP contribution is 2.29. The highest BCUT2D eigenvalue weighted by Gasteiger charge is 2.33. The smallest absolute Gasteiger partial charge is 0.169 e. The maximum Gasteiger partial charge on any atom is 0.169 e. The molecular weight excluding hydrogens is 282 g/mol. The predicted molar refractivity (Wildman–Crippen MR) is 80.1 cm³/mol. The van der Waals surface area contributed by atoms with Crippen LogP contribution in [0.25, 0.3) is 0 Å². The van der Waals surface area contributed by atoms with E-state index in [4.69, 9.17) is 5.73 Å². The lowest BCUT2D eigenvalue weighted by molar-refractivity contribution is 0.583. The lowest BCUT2D eigenvalue weighted by atomic mass is 10.1. The second-order valence-electron chi connectivity index (χ2n) is 4.76. The largest absolute Gasteiger partial charge is 0.338 e. The monoisotopic (exact) mass is 301 g/mol. The van der Waals surface area contributed by atoms with E-state index >= 15 is 0 Å². The predicted octanol–water partition coefficient (Wildman–Crippen LogP) is 1.03. The Kier molecular flexibility index (Phi) is 4.37. The van der Waals surface area contributed by atoms with Crippen molar-refractivity contribution in [2.75, 3.05) is 29.2 Å². The fourth-order valence-electron chi connectivity index (χ4n) is 2.18. The lowest BCUT2D eigenvalue weighted by Gasteiger charge is -2.36. The summed E-state index contributed by atoms with van der Waals surface area (Å²) in [6, 6.07) is 3.57. The van der Waals surface area contributed by atoms with E-state index in [1.807, 2.05) is 24.0 Å². The zero-order valence-corrected chi connectivity index (χ0v) is 12.7. The molecule has 1 fully saturated rings. The van der Waals surface area contributed by atoms with Gasteiger partial charge in [0.25, 0.3) is 0 Å². The molecule has 0 radical (unpaired) electrons. The summed E-state index contributed by atoms with van der Waals surface area (Å²) < 4.78 is 23.9. The van der Waals surface area contributed by atoms with E-state index < -0.39 is 15.2 Å². The molecule has 0 amide bonds. The molecule has 106 valence electrons. The van der Waals surface area contributed by atoms with Crippen LogP contribution in [0.15, 0.2) is 18.3 Å². The van der Waals surface area contributed by atoms with Crippen LogP contribution in [0.4, 0.5) is 5.82 Å². The number of thioether (sulfide) groups is 1. The van der Waals surface area contributed by atoms with Gasteiger partial charge >= 0.3 is 0 Å². The molecule has 2 heterocycles. The van der Waals surface area contributed by atoms with Crippen LogP contribution in [0.3, 0.4) is 0 Å². The van der Waals surface area contributed by atoms with Crippen molar-refractivity contribution in [3.8, 4) is 0 Å². The van der Waals surface area contributed by atoms with Crippen LogP contribution in [0, 0.1) is 0 Å². The Labute approximate surface area is 118 Å². The molecule has 0 spiro atoms. The summed E-state index contributed by atoms with van der Waals surface area (Å²) in [4.78, 5) is 6.24. The normalized spacial score (nSPS) is 22.3. The molecule has 1 saturated heterocycles. The van der Waals surface area contributed by atoms with Crippen LogP contribution in [-0.4, -0.2) is 43.1 Å². The van der Waals surface area contributed by atoms with Gasteiger partial charge in [0.2, 0.25) is 0 Å². The van der Waals surface area contributed by atoms with Gasteiger partial charge in [0.15, 0.2) is 9.84 Å². The molecule has 2 N–H and O–H groups in total. The SMILES string of the molecule is C[C@@H](N)c1cccnc1N1CCSCC1S(C)(=O)=O. The zero-order chi connectivity index (χ0) is 14.0. The average molecular weight is 301 g/mol. The molecule has 0 saturated carbocycles. The molecule has 19 heavy (non-hydrogen) atoms. The van der Waals surface area contributed by atoms with Gasteiger partial charge in [0.05, 0.1) is 0 Å². The van der Waals surface area contributed by atoms with Gasteiger partial charge in [-0.15, -0.1) is 0 Å². The number of anilines is 1. The topological polar surface area (TPSA) is 76.3 Å².